The Bertz CT molecular complexity index is 538. The summed E-state index contributed by atoms with van der Waals surface area (Å²) in [5.74, 6) is 0.294. The van der Waals surface area contributed by atoms with Crippen molar-refractivity contribution in [2.24, 2.45) is 0 Å². The van der Waals surface area contributed by atoms with Crippen LogP contribution in [0, 0.1) is 0 Å². The van der Waals surface area contributed by atoms with Crippen LogP contribution in [0.3, 0.4) is 0 Å². The lowest BCUT2D eigenvalue weighted by Crippen LogP contribution is -2.45. The fourth-order valence-electron chi connectivity index (χ4n) is 1.86. The average molecular weight is 340 g/mol. The molecule has 0 aliphatic heterocycles. The molecule has 0 radical (unpaired) electrons. The number of carbonyl (C=O) groups is 2. The standard InChI is InChI=1S/C14H24N6O4/c1-13(2,3)19(11(21)22)7-9-15-17-10(18-16-9)8-20(12(23)24)14(4,5)6/h7-8H2,1-6H3,(H,21,22)(H,23,24). The Hall–Kier alpha value is -2.52. The second-order valence-electron chi connectivity index (χ2n) is 7.31. The van der Waals surface area contributed by atoms with Gasteiger partial charge in [-0.2, -0.15) is 0 Å². The first-order valence-electron chi connectivity index (χ1n) is 7.38. The summed E-state index contributed by atoms with van der Waals surface area (Å²) in [7, 11) is 0. The molecule has 1 rings (SSSR count). The van der Waals surface area contributed by atoms with Crippen molar-refractivity contribution in [3.05, 3.63) is 11.6 Å². The van der Waals surface area contributed by atoms with E-state index in [-0.39, 0.29) is 24.7 Å². The molecule has 0 aliphatic rings. The molecule has 0 spiro atoms. The van der Waals surface area contributed by atoms with Gasteiger partial charge in [0.15, 0.2) is 11.6 Å². The van der Waals surface area contributed by atoms with Crippen LogP contribution in [0.1, 0.15) is 53.2 Å². The Morgan fingerprint density at radius 3 is 1.17 bits per heavy atom. The van der Waals surface area contributed by atoms with Gasteiger partial charge < -0.3 is 10.2 Å². The van der Waals surface area contributed by atoms with Crippen molar-refractivity contribution < 1.29 is 19.8 Å². The Morgan fingerprint density at radius 1 is 0.750 bits per heavy atom. The lowest BCUT2D eigenvalue weighted by atomic mass is 10.1. The van der Waals surface area contributed by atoms with Crippen molar-refractivity contribution in [2.75, 3.05) is 0 Å². The van der Waals surface area contributed by atoms with E-state index in [1.807, 2.05) is 0 Å². The summed E-state index contributed by atoms with van der Waals surface area (Å²) in [5, 5.41) is 33.9. The highest BCUT2D eigenvalue weighted by molar-refractivity contribution is 5.66. The van der Waals surface area contributed by atoms with E-state index in [0.717, 1.165) is 0 Å². The maximum Gasteiger partial charge on any atom is 0.408 e. The van der Waals surface area contributed by atoms with E-state index in [0.29, 0.717) is 0 Å². The van der Waals surface area contributed by atoms with Gasteiger partial charge in [-0.25, -0.2) is 9.59 Å². The van der Waals surface area contributed by atoms with E-state index in [1.165, 1.54) is 9.80 Å². The fraction of sp³-hybridized carbons (Fsp3) is 0.714. The summed E-state index contributed by atoms with van der Waals surface area (Å²) < 4.78 is 0. The SMILES string of the molecule is CC(C)(C)N(Cc1nnc(CN(C(=O)O)C(C)(C)C)nn1)C(=O)O. The quantitative estimate of drug-likeness (QED) is 0.848. The molecule has 24 heavy (non-hydrogen) atoms. The number of hydrogen-bond donors (Lipinski definition) is 2. The number of hydrogen-bond acceptors (Lipinski definition) is 6. The van der Waals surface area contributed by atoms with E-state index < -0.39 is 23.3 Å². The zero-order valence-corrected chi connectivity index (χ0v) is 14.8. The van der Waals surface area contributed by atoms with Gasteiger partial charge in [0.05, 0.1) is 13.1 Å². The zero-order valence-electron chi connectivity index (χ0n) is 14.8. The lowest BCUT2D eigenvalue weighted by molar-refractivity contribution is 0.0900. The van der Waals surface area contributed by atoms with E-state index >= 15 is 0 Å². The molecule has 0 saturated carbocycles. The normalized spacial score (nSPS) is 11.9. The largest absolute Gasteiger partial charge is 0.465 e. The summed E-state index contributed by atoms with van der Waals surface area (Å²) in [4.78, 5) is 25.0. The fourth-order valence-corrected chi connectivity index (χ4v) is 1.86. The van der Waals surface area contributed by atoms with Crippen molar-refractivity contribution in [2.45, 2.75) is 65.7 Å². The predicted octanol–water partition coefficient (Wildman–Crippen LogP) is 1.82. The maximum atomic E-state index is 11.3. The molecule has 10 heteroatoms. The second kappa shape index (κ2) is 6.93. The molecule has 10 nitrogen and oxygen atoms in total. The highest BCUT2D eigenvalue weighted by atomic mass is 16.4. The smallest absolute Gasteiger partial charge is 0.408 e. The third-order valence-electron chi connectivity index (χ3n) is 3.24. The third-order valence-corrected chi connectivity index (χ3v) is 3.24. The van der Waals surface area contributed by atoms with E-state index in [9.17, 15) is 19.8 Å². The third kappa shape index (κ3) is 5.28. The first kappa shape index (κ1) is 19.5. The van der Waals surface area contributed by atoms with Gasteiger partial charge in [0.2, 0.25) is 0 Å². The first-order valence-corrected chi connectivity index (χ1v) is 7.38. The highest BCUT2D eigenvalue weighted by Gasteiger charge is 2.29. The van der Waals surface area contributed by atoms with Crippen LogP contribution >= 0.6 is 0 Å². The van der Waals surface area contributed by atoms with Crippen molar-refractivity contribution in [1.29, 1.82) is 0 Å². The van der Waals surface area contributed by atoms with Crippen LogP contribution < -0.4 is 0 Å². The Labute approximate surface area is 140 Å². The van der Waals surface area contributed by atoms with Gasteiger partial charge in [0.1, 0.15) is 0 Å². The monoisotopic (exact) mass is 340 g/mol. The van der Waals surface area contributed by atoms with Crippen molar-refractivity contribution in [3.63, 3.8) is 0 Å². The molecule has 2 amide bonds. The van der Waals surface area contributed by atoms with Crippen molar-refractivity contribution in [3.8, 4) is 0 Å². The predicted molar refractivity (Wildman–Crippen MR) is 84.3 cm³/mol. The van der Waals surface area contributed by atoms with Crippen LogP contribution in [-0.4, -0.2) is 63.7 Å². The zero-order chi connectivity index (χ0) is 18.7. The molecule has 1 heterocycles. The number of aromatic nitrogens is 4. The summed E-state index contributed by atoms with van der Waals surface area (Å²) >= 11 is 0. The number of rotatable bonds is 4. The molecule has 0 saturated heterocycles. The second-order valence-corrected chi connectivity index (χ2v) is 7.31. The number of nitrogens with zero attached hydrogens (tertiary/aromatic N) is 6. The van der Waals surface area contributed by atoms with E-state index in [2.05, 4.69) is 20.4 Å². The van der Waals surface area contributed by atoms with Gasteiger partial charge in [-0.3, -0.25) is 9.80 Å². The van der Waals surface area contributed by atoms with Gasteiger partial charge in [-0.1, -0.05) is 0 Å². The first-order chi connectivity index (χ1) is 10.8. The summed E-state index contributed by atoms with van der Waals surface area (Å²) in [5.41, 5.74) is -1.25. The van der Waals surface area contributed by atoms with Crippen molar-refractivity contribution >= 4 is 12.2 Å². The topological polar surface area (TPSA) is 133 Å². The molecule has 0 atom stereocenters. The molecule has 2 N–H and O–H groups in total. The van der Waals surface area contributed by atoms with Gasteiger partial charge in [-0.15, -0.1) is 20.4 Å². The molecule has 0 aliphatic carbocycles. The molecule has 0 fully saturated rings. The summed E-state index contributed by atoms with van der Waals surface area (Å²) in [6, 6.07) is 0. The van der Waals surface area contributed by atoms with Gasteiger partial charge in [0, 0.05) is 11.1 Å². The van der Waals surface area contributed by atoms with Crippen LogP contribution in [0.5, 0.6) is 0 Å². The average Bonchev–Trinajstić information content (AvgIpc) is 2.40. The molecule has 134 valence electrons. The molecule has 0 bridgehead atoms. The van der Waals surface area contributed by atoms with E-state index in [4.69, 9.17) is 0 Å². The Morgan fingerprint density at radius 2 is 1.00 bits per heavy atom. The van der Waals surface area contributed by atoms with Crippen LogP contribution in [0.15, 0.2) is 0 Å². The van der Waals surface area contributed by atoms with Crippen LogP contribution in [0.25, 0.3) is 0 Å². The van der Waals surface area contributed by atoms with Gasteiger partial charge in [0.25, 0.3) is 0 Å². The molecule has 0 aromatic carbocycles. The summed E-state index contributed by atoms with van der Waals surface area (Å²) in [6.45, 7) is 10.4. The Kier molecular flexibility index (Phi) is 5.64. The lowest BCUT2D eigenvalue weighted by Gasteiger charge is -2.32. The highest BCUT2D eigenvalue weighted by Crippen LogP contribution is 2.17. The minimum Gasteiger partial charge on any atom is -0.465 e. The van der Waals surface area contributed by atoms with Crippen molar-refractivity contribution in [1.82, 2.24) is 30.2 Å². The minimum absolute atomic E-state index is 0.0545. The Balaban J connectivity index is 2.89. The molecular weight excluding hydrogens is 316 g/mol. The molecule has 1 aromatic heterocycles. The van der Waals surface area contributed by atoms with Crippen LogP contribution in [-0.2, 0) is 13.1 Å². The maximum absolute atomic E-state index is 11.3. The van der Waals surface area contributed by atoms with Gasteiger partial charge >= 0.3 is 12.2 Å². The van der Waals surface area contributed by atoms with Crippen LogP contribution in [0.4, 0.5) is 9.59 Å². The number of carboxylic acid groups (broad SMARTS) is 2. The number of amides is 2. The van der Waals surface area contributed by atoms with E-state index in [1.54, 1.807) is 41.5 Å². The minimum atomic E-state index is -1.10. The molecule has 1 aromatic rings. The van der Waals surface area contributed by atoms with Crippen LogP contribution in [0.2, 0.25) is 0 Å². The summed E-state index contributed by atoms with van der Waals surface area (Å²) in [6.07, 6.45) is -2.19. The molecular formula is C14H24N6O4. The molecule has 0 unspecified atom stereocenters. The van der Waals surface area contributed by atoms with Gasteiger partial charge in [-0.05, 0) is 41.5 Å².